The monoisotopic (exact) mass is 335 g/mol. The second kappa shape index (κ2) is 6.99. The maximum absolute atomic E-state index is 12.1. The number of carbonyl (C=O) groups is 1. The van der Waals surface area contributed by atoms with Crippen LogP contribution in [-0.2, 0) is 11.2 Å². The number of hydrogen-bond acceptors (Lipinski definition) is 1. The van der Waals surface area contributed by atoms with Crippen LogP contribution < -0.4 is 10.2 Å². The molecule has 6 heteroatoms. The molecule has 1 aliphatic heterocycles. The van der Waals surface area contributed by atoms with Gasteiger partial charge in [-0.25, -0.2) is 0 Å². The number of quaternary nitrogens is 1. The van der Waals surface area contributed by atoms with Crippen LogP contribution in [0.2, 0.25) is 0 Å². The standard InChI is InChI=1S/C14H17Cl3N2O/c15-14(16,17)13(19-8-4-5-9-19)18-12(20)10-11-6-2-1-3-7-11/h1-3,6-7,13H,4-5,8-10H2,(H,18,20)/p+1/t13-/m0/s1. The van der Waals surface area contributed by atoms with Crippen LogP contribution in [0.25, 0.3) is 0 Å². The van der Waals surface area contributed by atoms with Crippen LogP contribution in [-0.4, -0.2) is 29.0 Å². The molecular formula is C14H18Cl3N2O+. The number of likely N-dealkylation sites (tertiary alicyclic amines) is 1. The Kier molecular flexibility index (Phi) is 5.56. The molecule has 3 nitrogen and oxygen atoms in total. The molecule has 1 aromatic rings. The molecule has 1 aliphatic rings. The minimum absolute atomic E-state index is 0.119. The Bertz CT molecular complexity index is 441. The summed E-state index contributed by atoms with van der Waals surface area (Å²) < 4.78 is -1.49. The van der Waals surface area contributed by atoms with Crippen molar-refractivity contribution in [2.75, 3.05) is 13.1 Å². The normalized spacial score (nSPS) is 17.9. The van der Waals surface area contributed by atoms with E-state index in [1.165, 1.54) is 0 Å². The van der Waals surface area contributed by atoms with E-state index in [1.807, 2.05) is 30.3 Å². The first-order valence-electron chi connectivity index (χ1n) is 6.71. The molecule has 0 aliphatic carbocycles. The maximum atomic E-state index is 12.1. The lowest BCUT2D eigenvalue weighted by molar-refractivity contribution is -0.915. The van der Waals surface area contributed by atoms with E-state index >= 15 is 0 Å². The van der Waals surface area contributed by atoms with Gasteiger partial charge in [0.15, 0.2) is 0 Å². The minimum atomic E-state index is -1.49. The average molecular weight is 337 g/mol. The molecule has 0 unspecified atom stereocenters. The van der Waals surface area contributed by atoms with Crippen LogP contribution in [0.3, 0.4) is 0 Å². The van der Waals surface area contributed by atoms with Gasteiger partial charge in [-0.3, -0.25) is 4.79 Å². The fourth-order valence-electron chi connectivity index (χ4n) is 2.53. The van der Waals surface area contributed by atoms with Gasteiger partial charge >= 0.3 is 0 Å². The van der Waals surface area contributed by atoms with Crippen molar-refractivity contribution < 1.29 is 9.69 Å². The number of amides is 1. The summed E-state index contributed by atoms with van der Waals surface area (Å²) in [6, 6.07) is 9.54. The quantitative estimate of drug-likeness (QED) is 0.807. The number of carbonyl (C=O) groups excluding carboxylic acids is 1. The molecule has 2 rings (SSSR count). The summed E-state index contributed by atoms with van der Waals surface area (Å²) in [7, 11) is 0. The van der Waals surface area contributed by atoms with E-state index in [4.69, 9.17) is 34.8 Å². The van der Waals surface area contributed by atoms with E-state index in [9.17, 15) is 4.79 Å². The van der Waals surface area contributed by atoms with Crippen molar-refractivity contribution in [3.63, 3.8) is 0 Å². The zero-order chi connectivity index (χ0) is 14.6. The minimum Gasteiger partial charge on any atom is -0.312 e. The van der Waals surface area contributed by atoms with E-state index < -0.39 is 9.96 Å². The highest BCUT2D eigenvalue weighted by Crippen LogP contribution is 2.28. The summed E-state index contributed by atoms with van der Waals surface area (Å²) in [6.45, 7) is 1.84. The van der Waals surface area contributed by atoms with Crippen LogP contribution in [0.5, 0.6) is 0 Å². The van der Waals surface area contributed by atoms with Crippen LogP contribution in [0.4, 0.5) is 0 Å². The predicted octanol–water partition coefficient (Wildman–Crippen LogP) is 1.72. The van der Waals surface area contributed by atoms with E-state index in [0.29, 0.717) is 6.42 Å². The summed E-state index contributed by atoms with van der Waals surface area (Å²) >= 11 is 18.1. The fraction of sp³-hybridized carbons (Fsp3) is 0.500. The Morgan fingerprint density at radius 2 is 1.80 bits per heavy atom. The zero-order valence-electron chi connectivity index (χ0n) is 11.0. The summed E-state index contributed by atoms with van der Waals surface area (Å²) in [5, 5.41) is 2.88. The molecule has 1 aromatic carbocycles. The van der Waals surface area contributed by atoms with Gasteiger partial charge in [0.2, 0.25) is 12.1 Å². The number of benzene rings is 1. The molecule has 110 valence electrons. The first-order valence-corrected chi connectivity index (χ1v) is 7.85. The van der Waals surface area contributed by atoms with Crippen molar-refractivity contribution in [2.45, 2.75) is 29.2 Å². The topological polar surface area (TPSA) is 33.5 Å². The number of rotatable bonds is 4. The van der Waals surface area contributed by atoms with Crippen molar-refractivity contribution in [1.29, 1.82) is 0 Å². The van der Waals surface area contributed by atoms with E-state index in [-0.39, 0.29) is 5.91 Å². The van der Waals surface area contributed by atoms with Crippen LogP contribution >= 0.6 is 34.8 Å². The van der Waals surface area contributed by atoms with E-state index in [1.54, 1.807) is 0 Å². The second-order valence-electron chi connectivity index (χ2n) is 5.07. The number of alkyl halides is 3. The first-order chi connectivity index (χ1) is 9.47. The van der Waals surface area contributed by atoms with Crippen molar-refractivity contribution in [1.82, 2.24) is 5.32 Å². The molecule has 0 aromatic heterocycles. The van der Waals surface area contributed by atoms with Gasteiger partial charge in [0.05, 0.1) is 19.5 Å². The molecule has 1 fully saturated rings. The molecule has 1 amide bonds. The highest BCUT2D eigenvalue weighted by atomic mass is 35.6. The fourth-order valence-corrected chi connectivity index (χ4v) is 3.15. The smallest absolute Gasteiger partial charge is 0.262 e. The molecule has 2 N–H and O–H groups in total. The first kappa shape index (κ1) is 15.9. The van der Waals surface area contributed by atoms with Crippen LogP contribution in [0.1, 0.15) is 18.4 Å². The summed E-state index contributed by atoms with van der Waals surface area (Å²) in [5.74, 6) is -0.119. The highest BCUT2D eigenvalue weighted by molar-refractivity contribution is 6.68. The van der Waals surface area contributed by atoms with Gasteiger partial charge in [0, 0.05) is 12.8 Å². The summed E-state index contributed by atoms with van der Waals surface area (Å²) in [4.78, 5) is 13.3. The summed E-state index contributed by atoms with van der Waals surface area (Å²) in [5.41, 5.74) is 0.949. The van der Waals surface area contributed by atoms with Crippen molar-refractivity contribution >= 4 is 40.7 Å². The third-order valence-electron chi connectivity index (χ3n) is 3.49. The molecule has 1 saturated heterocycles. The molecule has 0 bridgehead atoms. The Hall–Kier alpha value is -0.480. The van der Waals surface area contributed by atoms with Gasteiger partial charge in [-0.2, -0.15) is 0 Å². The predicted molar refractivity (Wildman–Crippen MR) is 82.3 cm³/mol. The molecule has 0 saturated carbocycles. The molecule has 1 atom stereocenters. The molecule has 1 heterocycles. The molecule has 0 spiro atoms. The zero-order valence-corrected chi connectivity index (χ0v) is 13.3. The van der Waals surface area contributed by atoms with Gasteiger partial charge in [-0.15, -0.1) is 0 Å². The third-order valence-corrected chi connectivity index (χ3v) is 4.15. The Labute approximate surface area is 134 Å². The Balaban J connectivity index is 1.98. The largest absolute Gasteiger partial charge is 0.312 e. The maximum Gasteiger partial charge on any atom is 0.262 e. The number of nitrogens with one attached hydrogen (secondary N) is 2. The van der Waals surface area contributed by atoms with E-state index in [2.05, 4.69) is 5.32 Å². The van der Waals surface area contributed by atoms with Crippen molar-refractivity contribution in [2.24, 2.45) is 0 Å². The summed E-state index contributed by atoms with van der Waals surface area (Å²) in [6.07, 6.45) is 2.00. The van der Waals surface area contributed by atoms with Gasteiger partial charge in [-0.05, 0) is 5.56 Å². The molecular weight excluding hydrogens is 319 g/mol. The van der Waals surface area contributed by atoms with Gasteiger partial charge < -0.3 is 10.2 Å². The molecule has 0 radical (unpaired) electrons. The van der Waals surface area contributed by atoms with Crippen molar-refractivity contribution in [3.05, 3.63) is 35.9 Å². The SMILES string of the molecule is O=C(Cc1ccccc1)N[C@@H]([NH+]1CCCC1)C(Cl)(Cl)Cl. The lowest BCUT2D eigenvalue weighted by Gasteiger charge is -2.30. The third kappa shape index (κ3) is 4.52. The van der Waals surface area contributed by atoms with Crippen LogP contribution in [0.15, 0.2) is 30.3 Å². The molecule has 20 heavy (non-hydrogen) atoms. The average Bonchev–Trinajstić information content (AvgIpc) is 2.89. The van der Waals surface area contributed by atoms with Gasteiger partial charge in [-0.1, -0.05) is 65.1 Å². The lowest BCUT2D eigenvalue weighted by atomic mass is 10.1. The van der Waals surface area contributed by atoms with Crippen LogP contribution in [0, 0.1) is 0 Å². The lowest BCUT2D eigenvalue weighted by Crippen LogP contribution is -3.17. The Morgan fingerprint density at radius 1 is 1.20 bits per heavy atom. The number of hydrogen-bond donors (Lipinski definition) is 2. The van der Waals surface area contributed by atoms with Gasteiger partial charge in [0.25, 0.3) is 3.79 Å². The van der Waals surface area contributed by atoms with Gasteiger partial charge in [0.1, 0.15) is 0 Å². The van der Waals surface area contributed by atoms with Crippen molar-refractivity contribution in [3.8, 4) is 0 Å². The highest BCUT2D eigenvalue weighted by Gasteiger charge is 2.43. The van der Waals surface area contributed by atoms with E-state index in [0.717, 1.165) is 36.4 Å². The number of halogens is 3. The Morgan fingerprint density at radius 3 is 2.35 bits per heavy atom. The second-order valence-corrected chi connectivity index (χ2v) is 7.44.